The summed E-state index contributed by atoms with van der Waals surface area (Å²) in [7, 11) is 3.14. The van der Waals surface area contributed by atoms with Gasteiger partial charge in [0.1, 0.15) is 5.82 Å². The number of ether oxygens (including phenoxy) is 2. The van der Waals surface area contributed by atoms with E-state index in [9.17, 15) is 9.18 Å². The number of carbonyl (C=O) groups excluding carboxylic acids is 1. The van der Waals surface area contributed by atoms with E-state index in [1.807, 2.05) is 0 Å². The Labute approximate surface area is 159 Å². The van der Waals surface area contributed by atoms with E-state index in [1.165, 1.54) is 12.1 Å². The van der Waals surface area contributed by atoms with Gasteiger partial charge in [-0.15, -0.1) is 0 Å². The maximum Gasteiger partial charge on any atom is 0.228 e. The molecule has 1 aliphatic rings. The molecule has 2 aromatic carbocycles. The molecule has 2 aromatic rings. The summed E-state index contributed by atoms with van der Waals surface area (Å²) in [5.41, 5.74) is 1.74. The average molecular weight is 372 g/mol. The van der Waals surface area contributed by atoms with E-state index in [0.717, 1.165) is 31.5 Å². The quantitative estimate of drug-likeness (QED) is 0.840. The van der Waals surface area contributed by atoms with E-state index in [4.69, 9.17) is 9.47 Å². The lowest BCUT2D eigenvalue weighted by molar-refractivity contribution is -0.121. The molecule has 6 heteroatoms. The Hall–Kier alpha value is -2.60. The Morgan fingerprint density at radius 3 is 2.59 bits per heavy atom. The SMILES string of the molecule is COc1ccc(NC(=O)[C@H]2CCCN(Cc3ccc(F)cc3)C2)cc1OC. The monoisotopic (exact) mass is 372 g/mol. The largest absolute Gasteiger partial charge is 0.493 e. The first kappa shape index (κ1) is 19.2. The Kier molecular flexibility index (Phi) is 6.29. The Balaban J connectivity index is 1.60. The summed E-state index contributed by atoms with van der Waals surface area (Å²) in [4.78, 5) is 15.0. The molecule has 5 nitrogen and oxygen atoms in total. The second-order valence-electron chi connectivity index (χ2n) is 6.76. The summed E-state index contributed by atoms with van der Waals surface area (Å²) in [6, 6.07) is 11.9. The van der Waals surface area contributed by atoms with Gasteiger partial charge in [0.2, 0.25) is 5.91 Å². The molecule has 1 fully saturated rings. The smallest absolute Gasteiger partial charge is 0.228 e. The number of nitrogens with one attached hydrogen (secondary N) is 1. The number of carbonyl (C=O) groups is 1. The second-order valence-corrected chi connectivity index (χ2v) is 6.76. The highest BCUT2D eigenvalue weighted by Gasteiger charge is 2.26. The Bertz CT molecular complexity index is 779. The molecule has 27 heavy (non-hydrogen) atoms. The number of amides is 1. The standard InChI is InChI=1S/C21H25FN2O3/c1-26-19-10-9-18(12-20(19)27-2)23-21(25)16-4-3-11-24(14-16)13-15-5-7-17(22)8-6-15/h5-10,12,16H,3-4,11,13-14H2,1-2H3,(H,23,25)/t16-/m0/s1. The van der Waals surface area contributed by atoms with Crippen LogP contribution in [0.25, 0.3) is 0 Å². The van der Waals surface area contributed by atoms with Crippen LogP contribution in [-0.2, 0) is 11.3 Å². The lowest BCUT2D eigenvalue weighted by Gasteiger charge is -2.32. The van der Waals surface area contributed by atoms with Gasteiger partial charge in [-0.25, -0.2) is 4.39 Å². The topological polar surface area (TPSA) is 50.8 Å². The second kappa shape index (κ2) is 8.86. The highest BCUT2D eigenvalue weighted by atomic mass is 19.1. The van der Waals surface area contributed by atoms with Crippen molar-refractivity contribution in [3.63, 3.8) is 0 Å². The highest BCUT2D eigenvalue weighted by Crippen LogP contribution is 2.30. The molecule has 0 spiro atoms. The zero-order valence-electron chi connectivity index (χ0n) is 15.7. The van der Waals surface area contributed by atoms with Gasteiger partial charge in [-0.2, -0.15) is 0 Å². The third-order valence-corrected chi connectivity index (χ3v) is 4.85. The van der Waals surface area contributed by atoms with Crippen LogP contribution >= 0.6 is 0 Å². The molecule has 0 saturated carbocycles. The molecule has 0 unspecified atom stereocenters. The number of hydrogen-bond acceptors (Lipinski definition) is 4. The molecule has 1 heterocycles. The molecule has 1 saturated heterocycles. The molecule has 144 valence electrons. The van der Waals surface area contributed by atoms with Crippen molar-refractivity contribution in [1.29, 1.82) is 0 Å². The number of methoxy groups -OCH3 is 2. The normalized spacial score (nSPS) is 17.4. The number of likely N-dealkylation sites (tertiary alicyclic amines) is 1. The van der Waals surface area contributed by atoms with Crippen molar-refractivity contribution in [2.45, 2.75) is 19.4 Å². The van der Waals surface area contributed by atoms with E-state index in [0.29, 0.717) is 23.7 Å². The van der Waals surface area contributed by atoms with E-state index in [1.54, 1.807) is 44.6 Å². The maximum absolute atomic E-state index is 13.1. The summed E-state index contributed by atoms with van der Waals surface area (Å²) in [6.45, 7) is 2.36. The molecular formula is C21H25FN2O3. The van der Waals surface area contributed by atoms with E-state index in [2.05, 4.69) is 10.2 Å². The fraction of sp³-hybridized carbons (Fsp3) is 0.381. The summed E-state index contributed by atoms with van der Waals surface area (Å²) in [5, 5.41) is 2.98. The van der Waals surface area contributed by atoms with E-state index < -0.39 is 0 Å². The van der Waals surface area contributed by atoms with Crippen molar-refractivity contribution in [3.8, 4) is 11.5 Å². The number of halogens is 1. The van der Waals surface area contributed by atoms with Gasteiger partial charge in [-0.1, -0.05) is 12.1 Å². The van der Waals surface area contributed by atoms with Crippen LogP contribution in [0.3, 0.4) is 0 Å². The molecule has 0 radical (unpaired) electrons. The van der Waals surface area contributed by atoms with E-state index in [-0.39, 0.29) is 17.6 Å². The summed E-state index contributed by atoms with van der Waals surface area (Å²) < 4.78 is 23.6. The molecule has 0 aromatic heterocycles. The van der Waals surface area contributed by atoms with Crippen molar-refractivity contribution >= 4 is 11.6 Å². The van der Waals surface area contributed by atoms with Crippen LogP contribution in [0.15, 0.2) is 42.5 Å². The number of hydrogen-bond donors (Lipinski definition) is 1. The average Bonchev–Trinajstić information content (AvgIpc) is 2.70. The lowest BCUT2D eigenvalue weighted by Crippen LogP contribution is -2.40. The molecular weight excluding hydrogens is 347 g/mol. The van der Waals surface area contributed by atoms with Gasteiger partial charge in [0.25, 0.3) is 0 Å². The molecule has 1 N–H and O–H groups in total. The van der Waals surface area contributed by atoms with Crippen LogP contribution in [0.2, 0.25) is 0 Å². The summed E-state index contributed by atoms with van der Waals surface area (Å²) >= 11 is 0. The zero-order chi connectivity index (χ0) is 19.2. The van der Waals surface area contributed by atoms with Crippen LogP contribution in [0.5, 0.6) is 11.5 Å². The first-order valence-corrected chi connectivity index (χ1v) is 9.08. The van der Waals surface area contributed by atoms with Crippen LogP contribution in [0.1, 0.15) is 18.4 Å². The first-order chi connectivity index (χ1) is 13.1. The Morgan fingerprint density at radius 1 is 1.15 bits per heavy atom. The van der Waals surface area contributed by atoms with Gasteiger partial charge in [-0.05, 0) is 49.2 Å². The van der Waals surface area contributed by atoms with Crippen molar-refractivity contribution in [2.75, 3.05) is 32.6 Å². The summed E-state index contributed by atoms with van der Waals surface area (Å²) in [5.74, 6) is 0.901. The zero-order valence-corrected chi connectivity index (χ0v) is 15.7. The van der Waals surface area contributed by atoms with Gasteiger partial charge >= 0.3 is 0 Å². The van der Waals surface area contributed by atoms with Crippen LogP contribution in [0.4, 0.5) is 10.1 Å². The third-order valence-electron chi connectivity index (χ3n) is 4.85. The van der Waals surface area contributed by atoms with Crippen molar-refractivity contribution in [2.24, 2.45) is 5.92 Å². The van der Waals surface area contributed by atoms with Crippen molar-refractivity contribution in [3.05, 3.63) is 53.8 Å². The minimum Gasteiger partial charge on any atom is -0.493 e. The number of nitrogens with zero attached hydrogens (tertiary/aromatic N) is 1. The number of benzene rings is 2. The number of piperidine rings is 1. The lowest BCUT2D eigenvalue weighted by atomic mass is 9.96. The van der Waals surface area contributed by atoms with Crippen LogP contribution in [-0.4, -0.2) is 38.1 Å². The minimum absolute atomic E-state index is 0.00558. The third kappa shape index (κ3) is 4.98. The van der Waals surface area contributed by atoms with Gasteiger partial charge in [0, 0.05) is 24.8 Å². The van der Waals surface area contributed by atoms with Gasteiger partial charge in [0.15, 0.2) is 11.5 Å². The molecule has 1 aliphatic heterocycles. The number of rotatable bonds is 6. The van der Waals surface area contributed by atoms with Gasteiger partial charge in [-0.3, -0.25) is 9.69 Å². The maximum atomic E-state index is 13.1. The van der Waals surface area contributed by atoms with Crippen molar-refractivity contribution in [1.82, 2.24) is 4.90 Å². The summed E-state index contributed by atoms with van der Waals surface area (Å²) in [6.07, 6.45) is 1.82. The van der Waals surface area contributed by atoms with Gasteiger partial charge < -0.3 is 14.8 Å². The molecule has 0 aliphatic carbocycles. The molecule has 1 atom stereocenters. The van der Waals surface area contributed by atoms with E-state index >= 15 is 0 Å². The van der Waals surface area contributed by atoms with Crippen molar-refractivity contribution < 1.29 is 18.7 Å². The van der Waals surface area contributed by atoms with Crippen LogP contribution in [0, 0.1) is 11.7 Å². The predicted molar refractivity (Wildman–Crippen MR) is 103 cm³/mol. The fourth-order valence-corrected chi connectivity index (χ4v) is 3.42. The fourth-order valence-electron chi connectivity index (χ4n) is 3.42. The Morgan fingerprint density at radius 2 is 1.89 bits per heavy atom. The molecule has 1 amide bonds. The highest BCUT2D eigenvalue weighted by molar-refractivity contribution is 5.93. The minimum atomic E-state index is -0.232. The first-order valence-electron chi connectivity index (χ1n) is 9.08. The molecule has 0 bridgehead atoms. The van der Waals surface area contributed by atoms with Gasteiger partial charge in [0.05, 0.1) is 20.1 Å². The van der Waals surface area contributed by atoms with Crippen LogP contribution < -0.4 is 14.8 Å². The predicted octanol–water partition coefficient (Wildman–Crippen LogP) is 3.69. The molecule has 3 rings (SSSR count). The number of anilines is 1.